The number of aromatic carboxylic acids is 1. The average Bonchev–Trinajstić information content (AvgIpc) is 4.15. The number of alkyl halides is 1. The second-order valence-electron chi connectivity index (χ2n) is 16.1. The molecule has 74 heavy (non-hydrogen) atoms. The van der Waals surface area contributed by atoms with Crippen LogP contribution in [-0.2, 0) is 0 Å². The number of carboxylic acid groups (broad SMARTS) is 1. The van der Waals surface area contributed by atoms with E-state index in [1.54, 1.807) is 49.8 Å². The van der Waals surface area contributed by atoms with Crippen molar-refractivity contribution in [3.05, 3.63) is 268 Å². The molecular weight excluding hydrogens is 1120 g/mol. The van der Waals surface area contributed by atoms with Crippen molar-refractivity contribution < 1.29 is 38.0 Å². The topological polar surface area (TPSA) is 127 Å². The molecule has 0 aliphatic heterocycles. The first-order valence-corrected chi connectivity index (χ1v) is 25.7. The van der Waals surface area contributed by atoms with E-state index >= 15 is 0 Å². The Labute approximate surface area is 457 Å². The maximum absolute atomic E-state index is 11.2. The number of hydrogen-bond acceptors (Lipinski definition) is 7. The van der Waals surface area contributed by atoms with Crippen LogP contribution in [0.3, 0.4) is 0 Å². The number of benzene rings is 8. The van der Waals surface area contributed by atoms with Gasteiger partial charge in [0.05, 0.1) is 23.4 Å². The minimum Gasteiger partial charge on any atom is -0.537 e. The predicted molar refractivity (Wildman–Crippen MR) is 308 cm³/mol. The molecule has 0 atom stereocenters. The molecule has 10 aromatic rings. The molecule has 10 rings (SSSR count). The highest BCUT2D eigenvalue weighted by molar-refractivity contribution is 9.10. The molecule has 0 spiro atoms. The number of carbonyl (C=O) groups excluding carboxylic acids is 2. The van der Waals surface area contributed by atoms with Gasteiger partial charge < -0.3 is 23.6 Å². The smallest absolute Gasteiger partial charge is 0.537 e. The molecule has 0 aliphatic carbocycles. The molecule has 0 bridgehead atoms. The molecule has 0 unspecified atom stereocenters. The quantitative estimate of drug-likeness (QED) is 0.0745. The lowest BCUT2D eigenvalue weighted by Gasteiger charge is -2.05. The van der Waals surface area contributed by atoms with E-state index in [1.165, 1.54) is 0 Å². The van der Waals surface area contributed by atoms with Gasteiger partial charge in [0.1, 0.15) is 17.3 Å². The minimum absolute atomic E-state index is 0.103. The molecular formula is C62H49BBr3O8. The van der Waals surface area contributed by atoms with Gasteiger partial charge >= 0.3 is 13.7 Å². The maximum Gasteiger partial charge on any atom is 0.569 e. The third-order valence-electron chi connectivity index (χ3n) is 10.7. The van der Waals surface area contributed by atoms with E-state index in [0.29, 0.717) is 18.8 Å². The molecule has 1 radical (unpaired) electrons. The molecule has 8 aromatic carbocycles. The standard InChI is InChI=1S/C23H16O3.C16H11BrO.C8H6Br2O.C8H8O.C7H8BO2/c24-23(25)20-11-5-9-18(13-20)17-8-4-10-19(12-17)21-14-22(26-15-21)16-6-2-1-3-7-16;17-15-8-4-7-13(9-15)14-10-16(18-11-14)12-5-2-1-3-6-12;9-5-8(11)6-2-1-3-7(10)4-6;1-7(9)8-5-3-2-4-6-8;1-6-3-2-4-7(5-6)10-8-9/h1-15H,(H,24,25);1-11H;1-4H,5H2;2-6H,1H3;2-5,9H,1H3. The summed E-state index contributed by atoms with van der Waals surface area (Å²) in [5, 5.41) is 17.8. The minimum atomic E-state index is -0.926. The first-order valence-electron chi connectivity index (χ1n) is 23.0. The molecule has 12 heteroatoms. The van der Waals surface area contributed by atoms with Gasteiger partial charge in [-0.3, -0.25) is 9.59 Å². The van der Waals surface area contributed by atoms with Crippen LogP contribution in [0.5, 0.6) is 5.75 Å². The molecule has 0 amide bonds. The lowest BCUT2D eigenvalue weighted by atomic mass is 9.99. The number of furan rings is 2. The summed E-state index contributed by atoms with van der Waals surface area (Å²) in [6, 6.07) is 71.3. The number of halogens is 3. The summed E-state index contributed by atoms with van der Waals surface area (Å²) in [6.07, 6.45) is 3.54. The molecule has 2 heterocycles. The van der Waals surface area contributed by atoms with Crippen LogP contribution in [0.15, 0.2) is 255 Å². The zero-order chi connectivity index (χ0) is 52.7. The highest BCUT2D eigenvalue weighted by Gasteiger charge is 2.10. The Kier molecular flexibility index (Phi) is 22.0. The Morgan fingerprint density at radius 1 is 0.473 bits per heavy atom. The normalized spacial score (nSPS) is 10.0. The van der Waals surface area contributed by atoms with Gasteiger partial charge in [-0.15, -0.1) is 0 Å². The van der Waals surface area contributed by atoms with Gasteiger partial charge in [0.25, 0.3) is 0 Å². The molecule has 369 valence electrons. The monoisotopic (exact) mass is 1170 g/mol. The van der Waals surface area contributed by atoms with E-state index in [0.717, 1.165) is 81.7 Å². The van der Waals surface area contributed by atoms with Crippen molar-refractivity contribution in [1.29, 1.82) is 0 Å². The van der Waals surface area contributed by atoms with Gasteiger partial charge in [0, 0.05) is 42.3 Å². The summed E-state index contributed by atoms with van der Waals surface area (Å²) in [6.45, 7) is 3.53. The predicted octanol–water partition coefficient (Wildman–Crippen LogP) is 17.2. The van der Waals surface area contributed by atoms with Crippen LogP contribution in [-0.4, -0.2) is 40.7 Å². The van der Waals surface area contributed by atoms with Gasteiger partial charge in [-0.25, -0.2) is 4.79 Å². The Bertz CT molecular complexity index is 3360. The van der Waals surface area contributed by atoms with Crippen molar-refractivity contribution in [2.75, 3.05) is 5.33 Å². The van der Waals surface area contributed by atoms with Crippen LogP contribution in [0.1, 0.15) is 43.6 Å². The molecule has 0 saturated heterocycles. The zero-order valence-electron chi connectivity index (χ0n) is 40.3. The van der Waals surface area contributed by atoms with Gasteiger partial charge in [0.2, 0.25) is 0 Å². The fourth-order valence-corrected chi connectivity index (χ4v) is 8.14. The first-order chi connectivity index (χ1) is 35.9. The van der Waals surface area contributed by atoms with Crippen LogP contribution in [0.4, 0.5) is 0 Å². The molecule has 2 aromatic heterocycles. The number of ketones is 2. The molecule has 0 aliphatic rings. The second kappa shape index (κ2) is 29.2. The highest BCUT2D eigenvalue weighted by Crippen LogP contribution is 2.32. The number of rotatable bonds is 11. The summed E-state index contributed by atoms with van der Waals surface area (Å²) in [7, 11) is 0.675. The van der Waals surface area contributed by atoms with E-state index < -0.39 is 5.97 Å². The largest absolute Gasteiger partial charge is 0.569 e. The van der Waals surface area contributed by atoms with Crippen LogP contribution in [0, 0.1) is 6.92 Å². The number of aryl methyl sites for hydroxylation is 1. The zero-order valence-corrected chi connectivity index (χ0v) is 45.0. The van der Waals surface area contributed by atoms with Crippen molar-refractivity contribution in [2.24, 2.45) is 0 Å². The van der Waals surface area contributed by atoms with E-state index in [4.69, 9.17) is 18.5 Å². The van der Waals surface area contributed by atoms with Gasteiger partial charge in [-0.2, -0.15) is 0 Å². The van der Waals surface area contributed by atoms with Crippen molar-refractivity contribution >= 4 is 73.0 Å². The summed E-state index contributed by atoms with van der Waals surface area (Å²) < 4.78 is 18.1. The number of carbonyl (C=O) groups is 3. The number of hydrogen-bond donors (Lipinski definition) is 2. The Morgan fingerprint density at radius 2 is 0.905 bits per heavy atom. The van der Waals surface area contributed by atoms with Crippen LogP contribution >= 0.6 is 47.8 Å². The summed E-state index contributed by atoms with van der Waals surface area (Å²) in [5.74, 6) is 1.67. The fraction of sp³-hybridized carbons (Fsp3) is 0.0484. The van der Waals surface area contributed by atoms with Crippen LogP contribution in [0.25, 0.3) is 56.0 Å². The Balaban J connectivity index is 0.000000161. The van der Waals surface area contributed by atoms with Gasteiger partial charge in [0.15, 0.2) is 11.6 Å². The van der Waals surface area contributed by atoms with Crippen molar-refractivity contribution in [1.82, 2.24) is 0 Å². The van der Waals surface area contributed by atoms with Crippen LogP contribution < -0.4 is 4.65 Å². The molecule has 2 N–H and O–H groups in total. The Hall–Kier alpha value is -7.61. The maximum atomic E-state index is 11.2. The summed E-state index contributed by atoms with van der Waals surface area (Å²) >= 11 is 9.88. The summed E-state index contributed by atoms with van der Waals surface area (Å²) in [4.78, 5) is 32.9. The lowest BCUT2D eigenvalue weighted by Crippen LogP contribution is -1.99. The molecule has 0 saturated carbocycles. The van der Waals surface area contributed by atoms with Crippen molar-refractivity contribution in [2.45, 2.75) is 13.8 Å². The van der Waals surface area contributed by atoms with E-state index in [2.05, 4.69) is 66.0 Å². The highest BCUT2D eigenvalue weighted by atomic mass is 79.9. The third kappa shape index (κ3) is 17.6. The molecule has 0 fully saturated rings. The summed E-state index contributed by atoms with van der Waals surface area (Å²) in [5.41, 5.74) is 11.1. The van der Waals surface area contributed by atoms with Gasteiger partial charge in [-0.1, -0.05) is 206 Å². The first kappa shape index (κ1) is 55.7. The average molecular weight is 1170 g/mol. The van der Waals surface area contributed by atoms with E-state index in [-0.39, 0.29) is 17.1 Å². The number of carboxylic acids is 1. The third-order valence-corrected chi connectivity index (χ3v) is 12.2. The van der Waals surface area contributed by atoms with E-state index in [1.807, 2.05) is 183 Å². The molecule has 8 nitrogen and oxygen atoms in total. The van der Waals surface area contributed by atoms with E-state index in [9.17, 15) is 19.5 Å². The SMILES string of the molecule is Brc1cccc(-c2coc(-c3ccccc3)c2)c1.CC(=O)c1ccccc1.Cc1cccc(O[B]O)c1.O=C(CBr)c1cccc(Br)c1.O=C(O)c1cccc(-c2cccc(-c3coc(-c4ccccc4)c3)c2)c1. The van der Waals surface area contributed by atoms with Crippen molar-refractivity contribution in [3.63, 3.8) is 0 Å². The Morgan fingerprint density at radius 3 is 1.39 bits per heavy atom. The second-order valence-corrected chi connectivity index (χ2v) is 18.5. The van der Waals surface area contributed by atoms with Crippen LogP contribution in [0.2, 0.25) is 0 Å². The van der Waals surface area contributed by atoms with Gasteiger partial charge in [-0.05, 0) is 108 Å². The lowest BCUT2D eigenvalue weighted by molar-refractivity contribution is 0.0696. The number of Topliss-reactive ketones (excluding diaryl/α,β-unsaturated/α-hetero) is 2. The fourth-order valence-electron chi connectivity index (χ4n) is 7.02. The van der Waals surface area contributed by atoms with Crippen molar-refractivity contribution in [3.8, 4) is 61.8 Å².